The molecule has 1 N–H and O–H groups in total. The van der Waals surface area contributed by atoms with E-state index in [0.29, 0.717) is 12.6 Å². The van der Waals surface area contributed by atoms with Crippen LogP contribution in [0.2, 0.25) is 0 Å². The summed E-state index contributed by atoms with van der Waals surface area (Å²) < 4.78 is 5.99. The van der Waals surface area contributed by atoms with Crippen molar-refractivity contribution in [3.05, 3.63) is 35.9 Å². The molecule has 2 aliphatic heterocycles. The maximum atomic E-state index is 5.99. The van der Waals surface area contributed by atoms with Gasteiger partial charge >= 0.3 is 0 Å². The van der Waals surface area contributed by atoms with Crippen molar-refractivity contribution in [1.29, 1.82) is 0 Å². The van der Waals surface area contributed by atoms with Crippen molar-refractivity contribution < 1.29 is 4.74 Å². The number of likely N-dealkylation sites (tertiary alicyclic amines) is 1. The lowest BCUT2D eigenvalue weighted by molar-refractivity contribution is -0.0502. The zero-order chi connectivity index (χ0) is 16.1. The highest BCUT2D eigenvalue weighted by Gasteiger charge is 2.40. The van der Waals surface area contributed by atoms with E-state index < -0.39 is 0 Å². The molecule has 5 nitrogen and oxygen atoms in total. The highest BCUT2D eigenvalue weighted by atomic mass is 127. The third-order valence-electron chi connectivity index (χ3n) is 4.50. The van der Waals surface area contributed by atoms with Gasteiger partial charge in [-0.25, -0.2) is 0 Å². The highest BCUT2D eigenvalue weighted by molar-refractivity contribution is 14.0. The minimum Gasteiger partial charge on any atom is -0.373 e. The average molecular weight is 440 g/mol. The van der Waals surface area contributed by atoms with Gasteiger partial charge in [-0.2, -0.15) is 0 Å². The van der Waals surface area contributed by atoms with Crippen LogP contribution in [-0.2, 0) is 11.3 Å². The highest BCUT2D eigenvalue weighted by Crippen LogP contribution is 2.24. The first-order valence-corrected chi connectivity index (χ1v) is 8.10. The monoisotopic (exact) mass is 440 g/mol. The van der Waals surface area contributed by atoms with Gasteiger partial charge in [-0.3, -0.25) is 9.89 Å². The number of ether oxygens (including phenoxy) is 1. The van der Waals surface area contributed by atoms with E-state index in [1.165, 1.54) is 5.56 Å². The number of rotatable bonds is 3. The van der Waals surface area contributed by atoms with Crippen LogP contribution < -0.4 is 5.32 Å². The molecule has 0 radical (unpaired) electrons. The van der Waals surface area contributed by atoms with Gasteiger partial charge in [0.2, 0.25) is 0 Å². The number of morpholine rings is 1. The fraction of sp³-hybridized carbons (Fsp3) is 0.500. The maximum absolute atomic E-state index is 5.99. The lowest BCUT2D eigenvalue weighted by atomic mass is 10.1. The van der Waals surface area contributed by atoms with Crippen LogP contribution in [0.25, 0.3) is 0 Å². The number of nitrogens with zero attached hydrogens (tertiary/aromatic N) is 3. The summed E-state index contributed by atoms with van der Waals surface area (Å²) in [5.74, 6) is 3.46. The quantitative estimate of drug-likeness (QED) is 0.334. The number of benzene rings is 1. The minimum atomic E-state index is 0. The predicted octanol–water partition coefficient (Wildman–Crippen LogP) is 1.40. The Morgan fingerprint density at radius 2 is 2.17 bits per heavy atom. The van der Waals surface area contributed by atoms with E-state index in [0.717, 1.165) is 38.7 Å². The molecule has 1 aromatic carbocycles. The molecule has 3 rings (SSSR count). The molecular weight excluding hydrogens is 415 g/mol. The second-order valence-corrected chi connectivity index (χ2v) is 5.94. The first-order valence-electron chi connectivity index (χ1n) is 8.10. The molecule has 2 fully saturated rings. The average Bonchev–Trinajstić information content (AvgIpc) is 3.02. The number of aliphatic imine (C=N–C) groups is 1. The second-order valence-electron chi connectivity index (χ2n) is 5.94. The van der Waals surface area contributed by atoms with E-state index in [-0.39, 0.29) is 30.1 Å². The lowest BCUT2D eigenvalue weighted by Gasteiger charge is -2.36. The number of fused-ring (bicyclic) bond motifs is 1. The first kappa shape index (κ1) is 19.0. The predicted molar refractivity (Wildman–Crippen MR) is 108 cm³/mol. The Bertz CT molecular complexity index is 586. The Kier molecular flexibility index (Phi) is 7.34. The lowest BCUT2D eigenvalue weighted by Crippen LogP contribution is -2.50. The molecule has 0 amide bonds. The molecule has 2 heterocycles. The maximum Gasteiger partial charge on any atom is 0.194 e. The van der Waals surface area contributed by atoms with E-state index in [9.17, 15) is 0 Å². The zero-order valence-electron chi connectivity index (χ0n) is 14.0. The van der Waals surface area contributed by atoms with Crippen molar-refractivity contribution >= 4 is 29.9 Å². The molecule has 130 valence electrons. The van der Waals surface area contributed by atoms with Gasteiger partial charge in [0, 0.05) is 33.2 Å². The first-order chi connectivity index (χ1) is 11.3. The molecule has 24 heavy (non-hydrogen) atoms. The van der Waals surface area contributed by atoms with Gasteiger partial charge in [0.15, 0.2) is 5.96 Å². The third kappa shape index (κ3) is 4.41. The summed E-state index contributed by atoms with van der Waals surface area (Å²) in [5, 5.41) is 3.20. The molecule has 1 aromatic rings. The van der Waals surface area contributed by atoms with Crippen molar-refractivity contribution in [2.75, 3.05) is 39.8 Å². The Morgan fingerprint density at radius 1 is 1.38 bits per heavy atom. The molecule has 0 spiro atoms. The van der Waals surface area contributed by atoms with Crippen molar-refractivity contribution in [1.82, 2.24) is 15.1 Å². The number of terminal acetylenes is 1. The van der Waals surface area contributed by atoms with Crippen molar-refractivity contribution in [3.63, 3.8) is 0 Å². The minimum absolute atomic E-state index is 0. The molecule has 2 aliphatic rings. The van der Waals surface area contributed by atoms with E-state index in [4.69, 9.17) is 11.2 Å². The molecule has 0 aromatic heterocycles. The molecule has 0 saturated carbocycles. The Hall–Kier alpha value is -1.30. The number of guanidine groups is 1. The number of halogens is 1. The normalized spacial score (nSPS) is 24.0. The summed E-state index contributed by atoms with van der Waals surface area (Å²) in [6.07, 6.45) is 5.57. The standard InChI is InChI=1S/C18H24N4O.HI/c1-3-9-20-18(19-2)22-13-16-17(14-22)23-11-10-21(16)12-15-7-5-4-6-8-15;/h1,4-8,16-17H,9-14H2,2H3,(H,19,20);1H. The van der Waals surface area contributed by atoms with Crippen LogP contribution in [0.3, 0.4) is 0 Å². The van der Waals surface area contributed by atoms with E-state index >= 15 is 0 Å². The van der Waals surface area contributed by atoms with Crippen LogP contribution >= 0.6 is 24.0 Å². The van der Waals surface area contributed by atoms with Gasteiger partial charge in [0.1, 0.15) is 0 Å². The van der Waals surface area contributed by atoms with Gasteiger partial charge < -0.3 is 15.0 Å². The van der Waals surface area contributed by atoms with Crippen LogP contribution in [0.5, 0.6) is 0 Å². The molecule has 6 heteroatoms. The SMILES string of the molecule is C#CCNC(=NC)N1CC2OCCN(Cc3ccccc3)C2C1.I. The fourth-order valence-electron chi connectivity index (χ4n) is 3.41. The number of nitrogens with one attached hydrogen (secondary N) is 1. The van der Waals surface area contributed by atoms with Crippen molar-refractivity contribution in [2.45, 2.75) is 18.7 Å². The van der Waals surface area contributed by atoms with Gasteiger partial charge in [-0.15, -0.1) is 30.4 Å². The summed E-state index contributed by atoms with van der Waals surface area (Å²) in [6, 6.07) is 11.0. The molecule has 0 aliphatic carbocycles. The summed E-state index contributed by atoms with van der Waals surface area (Å²) in [6.45, 7) is 5.00. The number of hydrogen-bond donors (Lipinski definition) is 1. The molecular formula is C18H25IN4O. The zero-order valence-corrected chi connectivity index (χ0v) is 16.3. The van der Waals surface area contributed by atoms with Crippen LogP contribution in [0, 0.1) is 12.3 Å². The summed E-state index contributed by atoms with van der Waals surface area (Å²) in [5.41, 5.74) is 1.35. The largest absolute Gasteiger partial charge is 0.373 e. The summed E-state index contributed by atoms with van der Waals surface area (Å²) in [7, 11) is 1.80. The van der Waals surface area contributed by atoms with Crippen LogP contribution in [-0.4, -0.2) is 67.7 Å². The summed E-state index contributed by atoms with van der Waals surface area (Å²) >= 11 is 0. The Balaban J connectivity index is 0.00000208. The molecule has 2 unspecified atom stereocenters. The topological polar surface area (TPSA) is 40.1 Å². The van der Waals surface area contributed by atoms with Gasteiger partial charge in [-0.05, 0) is 5.56 Å². The van der Waals surface area contributed by atoms with Crippen LogP contribution in [0.4, 0.5) is 0 Å². The van der Waals surface area contributed by atoms with Crippen LogP contribution in [0.1, 0.15) is 5.56 Å². The van der Waals surface area contributed by atoms with Gasteiger partial charge in [-0.1, -0.05) is 36.3 Å². The molecule has 0 bridgehead atoms. The summed E-state index contributed by atoms with van der Waals surface area (Å²) in [4.78, 5) is 9.11. The van der Waals surface area contributed by atoms with Crippen LogP contribution in [0.15, 0.2) is 35.3 Å². The van der Waals surface area contributed by atoms with E-state index in [1.54, 1.807) is 7.05 Å². The third-order valence-corrected chi connectivity index (χ3v) is 4.50. The second kappa shape index (κ2) is 9.25. The number of hydrogen-bond acceptors (Lipinski definition) is 3. The van der Waals surface area contributed by atoms with Gasteiger partial charge in [0.25, 0.3) is 0 Å². The smallest absolute Gasteiger partial charge is 0.194 e. The Morgan fingerprint density at radius 3 is 2.88 bits per heavy atom. The molecule has 2 atom stereocenters. The molecule has 2 saturated heterocycles. The Labute approximate surface area is 161 Å². The van der Waals surface area contributed by atoms with Crippen molar-refractivity contribution in [2.24, 2.45) is 4.99 Å². The van der Waals surface area contributed by atoms with E-state index in [2.05, 4.69) is 56.4 Å². The van der Waals surface area contributed by atoms with Crippen molar-refractivity contribution in [3.8, 4) is 12.3 Å². The van der Waals surface area contributed by atoms with E-state index in [1.807, 2.05) is 0 Å². The fourth-order valence-corrected chi connectivity index (χ4v) is 3.41. The van der Waals surface area contributed by atoms with Gasteiger partial charge in [0.05, 0.1) is 25.3 Å².